The van der Waals surface area contributed by atoms with Crippen LogP contribution in [0.2, 0.25) is 5.02 Å². The minimum Gasteiger partial charge on any atom is -0.348 e. The Morgan fingerprint density at radius 2 is 1.96 bits per heavy atom. The molecule has 138 valence electrons. The smallest absolute Gasteiger partial charge is 0.291 e. The van der Waals surface area contributed by atoms with Gasteiger partial charge >= 0.3 is 0 Å². The summed E-state index contributed by atoms with van der Waals surface area (Å²) >= 11 is 6.26. The molecule has 0 aliphatic rings. The summed E-state index contributed by atoms with van der Waals surface area (Å²) in [5.74, 6) is 0.703. The zero-order valence-corrected chi connectivity index (χ0v) is 16.3. The molecule has 0 radical (unpaired) electrons. The van der Waals surface area contributed by atoms with Crippen molar-refractivity contribution in [3.63, 3.8) is 0 Å². The van der Waals surface area contributed by atoms with Gasteiger partial charge in [0.05, 0.1) is 10.7 Å². The number of para-hydroxylation sites is 1. The van der Waals surface area contributed by atoms with E-state index in [0.29, 0.717) is 17.4 Å². The average molecular weight is 386 g/mol. The van der Waals surface area contributed by atoms with Crippen LogP contribution in [0.25, 0.3) is 5.69 Å². The molecule has 1 heterocycles. The first kappa shape index (κ1) is 21.4. The first-order valence-electron chi connectivity index (χ1n) is 8.25. The van der Waals surface area contributed by atoms with Crippen molar-refractivity contribution in [1.29, 1.82) is 0 Å². The van der Waals surface area contributed by atoms with E-state index in [2.05, 4.69) is 27.6 Å². The Balaban J connectivity index is 0.00000312. The van der Waals surface area contributed by atoms with Crippen LogP contribution in [0.1, 0.15) is 49.6 Å². The van der Waals surface area contributed by atoms with Gasteiger partial charge in [0.15, 0.2) is 0 Å². The molecule has 0 bridgehead atoms. The van der Waals surface area contributed by atoms with Gasteiger partial charge in [-0.15, -0.1) is 17.5 Å². The molecule has 0 saturated heterocycles. The first-order valence-corrected chi connectivity index (χ1v) is 8.63. The fourth-order valence-corrected chi connectivity index (χ4v) is 2.46. The minimum atomic E-state index is -0.277. The van der Waals surface area contributed by atoms with Crippen LogP contribution in [0.5, 0.6) is 0 Å². The second kappa shape index (κ2) is 10.4. The predicted molar refractivity (Wildman–Crippen MR) is 103 cm³/mol. The summed E-state index contributed by atoms with van der Waals surface area (Å²) in [6, 6.07) is 7.39. The second-order valence-electron chi connectivity index (χ2n) is 5.82. The van der Waals surface area contributed by atoms with Crippen molar-refractivity contribution in [1.82, 2.24) is 25.4 Å². The van der Waals surface area contributed by atoms with Gasteiger partial charge in [0.2, 0.25) is 5.82 Å². The molecular formula is C17H25Cl2N5O. The third kappa shape index (κ3) is 5.70. The number of benzene rings is 1. The predicted octanol–water partition coefficient (Wildman–Crippen LogP) is 3.20. The zero-order valence-electron chi connectivity index (χ0n) is 14.8. The van der Waals surface area contributed by atoms with Crippen LogP contribution in [0.4, 0.5) is 0 Å². The molecule has 0 saturated carbocycles. The number of carbonyl (C=O) groups excluding carboxylic acids is 1. The molecule has 2 rings (SSSR count). The van der Waals surface area contributed by atoms with Gasteiger partial charge in [0, 0.05) is 19.0 Å². The lowest BCUT2D eigenvalue weighted by atomic mass is 10.2. The van der Waals surface area contributed by atoms with Crippen molar-refractivity contribution >= 4 is 29.9 Å². The molecule has 0 fully saturated rings. The number of hydrogen-bond donors (Lipinski definition) is 2. The van der Waals surface area contributed by atoms with Gasteiger partial charge in [-0.25, -0.2) is 9.67 Å². The maximum Gasteiger partial charge on any atom is 0.291 e. The lowest BCUT2D eigenvalue weighted by Crippen LogP contribution is -2.32. The van der Waals surface area contributed by atoms with E-state index < -0.39 is 0 Å². The highest BCUT2D eigenvalue weighted by Crippen LogP contribution is 2.23. The molecule has 25 heavy (non-hydrogen) atoms. The third-order valence-corrected chi connectivity index (χ3v) is 3.77. The van der Waals surface area contributed by atoms with Gasteiger partial charge in [-0.05, 0) is 25.1 Å². The zero-order chi connectivity index (χ0) is 17.5. The highest BCUT2D eigenvalue weighted by molar-refractivity contribution is 6.32. The maximum absolute atomic E-state index is 12.3. The molecule has 6 nitrogen and oxygen atoms in total. The standard InChI is InChI=1S/C17H24ClN5O.ClH/c1-4-9-19-10-11-20-17(24)15-21-16(12(2)3)23(22-15)14-8-6-5-7-13(14)18;/h5-8,12,19H,4,9-11H2,1-3H3,(H,20,24);1H. The van der Waals surface area contributed by atoms with Crippen molar-refractivity contribution in [2.75, 3.05) is 19.6 Å². The van der Waals surface area contributed by atoms with Crippen LogP contribution in [-0.4, -0.2) is 40.3 Å². The van der Waals surface area contributed by atoms with Gasteiger partial charge < -0.3 is 10.6 Å². The van der Waals surface area contributed by atoms with Gasteiger partial charge in [-0.2, -0.15) is 0 Å². The van der Waals surface area contributed by atoms with E-state index in [1.54, 1.807) is 10.7 Å². The highest BCUT2D eigenvalue weighted by Gasteiger charge is 2.20. The maximum atomic E-state index is 12.3. The summed E-state index contributed by atoms with van der Waals surface area (Å²) in [6.07, 6.45) is 1.06. The largest absolute Gasteiger partial charge is 0.348 e. The normalized spacial score (nSPS) is 10.6. The quantitative estimate of drug-likeness (QED) is 0.684. The molecule has 1 aromatic carbocycles. The lowest BCUT2D eigenvalue weighted by Gasteiger charge is -2.09. The summed E-state index contributed by atoms with van der Waals surface area (Å²) < 4.78 is 1.65. The van der Waals surface area contributed by atoms with Crippen molar-refractivity contribution in [3.8, 4) is 5.69 Å². The first-order chi connectivity index (χ1) is 11.5. The number of rotatable bonds is 8. The van der Waals surface area contributed by atoms with Crippen molar-refractivity contribution in [3.05, 3.63) is 40.9 Å². The van der Waals surface area contributed by atoms with Crippen molar-refractivity contribution in [2.24, 2.45) is 0 Å². The number of nitrogens with one attached hydrogen (secondary N) is 2. The van der Waals surface area contributed by atoms with Crippen LogP contribution in [0.3, 0.4) is 0 Å². The van der Waals surface area contributed by atoms with Gasteiger partial charge in [0.25, 0.3) is 5.91 Å². The highest BCUT2D eigenvalue weighted by atomic mass is 35.5. The molecule has 0 unspecified atom stereocenters. The minimum absolute atomic E-state index is 0. The summed E-state index contributed by atoms with van der Waals surface area (Å²) in [5, 5.41) is 11.0. The molecule has 0 atom stereocenters. The Bertz CT molecular complexity index is 687. The molecule has 0 aliphatic carbocycles. The Hall–Kier alpha value is -1.63. The molecule has 8 heteroatoms. The second-order valence-corrected chi connectivity index (χ2v) is 6.22. The summed E-state index contributed by atoms with van der Waals surface area (Å²) in [6.45, 7) is 8.32. The number of hydrogen-bond acceptors (Lipinski definition) is 4. The Morgan fingerprint density at radius 3 is 2.60 bits per heavy atom. The summed E-state index contributed by atoms with van der Waals surface area (Å²) in [7, 11) is 0. The molecule has 0 spiro atoms. The molecular weight excluding hydrogens is 361 g/mol. The van der Waals surface area contributed by atoms with Crippen LogP contribution in [0.15, 0.2) is 24.3 Å². The van der Waals surface area contributed by atoms with Crippen LogP contribution < -0.4 is 10.6 Å². The topological polar surface area (TPSA) is 71.8 Å². The van der Waals surface area contributed by atoms with Gasteiger partial charge in [-0.1, -0.05) is 44.5 Å². The SMILES string of the molecule is CCCNCCNC(=O)c1nc(C(C)C)n(-c2ccccc2Cl)n1.Cl. The molecule has 1 aromatic heterocycles. The van der Waals surface area contributed by atoms with E-state index in [0.717, 1.165) is 25.2 Å². The number of halogens is 2. The molecule has 1 amide bonds. The van der Waals surface area contributed by atoms with Crippen LogP contribution in [-0.2, 0) is 0 Å². The molecule has 0 aliphatic heterocycles. The van der Waals surface area contributed by atoms with Crippen molar-refractivity contribution in [2.45, 2.75) is 33.1 Å². The van der Waals surface area contributed by atoms with Crippen molar-refractivity contribution < 1.29 is 4.79 Å². The Morgan fingerprint density at radius 1 is 1.24 bits per heavy atom. The van der Waals surface area contributed by atoms with E-state index in [1.165, 1.54) is 0 Å². The fourth-order valence-electron chi connectivity index (χ4n) is 2.24. The van der Waals surface area contributed by atoms with Crippen LogP contribution >= 0.6 is 24.0 Å². The van der Waals surface area contributed by atoms with Gasteiger partial charge in [0.1, 0.15) is 5.82 Å². The lowest BCUT2D eigenvalue weighted by molar-refractivity contribution is 0.0943. The number of carbonyl (C=O) groups is 1. The van der Waals surface area contributed by atoms with E-state index in [1.807, 2.05) is 32.0 Å². The molecule has 2 N–H and O–H groups in total. The Labute approximate surface area is 159 Å². The number of amides is 1. The fraction of sp³-hybridized carbons (Fsp3) is 0.471. The number of aromatic nitrogens is 3. The Kier molecular flexibility index (Phi) is 8.89. The van der Waals surface area contributed by atoms with E-state index in [4.69, 9.17) is 11.6 Å². The van der Waals surface area contributed by atoms with E-state index in [-0.39, 0.29) is 30.1 Å². The third-order valence-electron chi connectivity index (χ3n) is 3.45. The average Bonchev–Trinajstić information content (AvgIpc) is 3.00. The monoisotopic (exact) mass is 385 g/mol. The summed E-state index contributed by atoms with van der Waals surface area (Å²) in [4.78, 5) is 16.7. The number of nitrogens with zero attached hydrogens (tertiary/aromatic N) is 3. The van der Waals surface area contributed by atoms with E-state index >= 15 is 0 Å². The van der Waals surface area contributed by atoms with Crippen LogP contribution in [0, 0.1) is 0 Å². The van der Waals surface area contributed by atoms with E-state index in [9.17, 15) is 4.79 Å². The molecule has 2 aromatic rings. The van der Waals surface area contributed by atoms with Gasteiger partial charge in [-0.3, -0.25) is 4.79 Å². The summed E-state index contributed by atoms with van der Waals surface area (Å²) in [5.41, 5.74) is 0.721.